The highest BCUT2D eigenvalue weighted by Gasteiger charge is 2.16. The number of rotatable bonds is 8. The predicted octanol–water partition coefficient (Wildman–Crippen LogP) is 3.34. The maximum atomic E-state index is 4.37. The van der Waals surface area contributed by atoms with Crippen molar-refractivity contribution < 1.29 is 0 Å². The Morgan fingerprint density at radius 1 is 1.18 bits per heavy atom. The minimum Gasteiger partial charge on any atom is -0.307 e. The Balaban J connectivity index is 2.60. The summed E-state index contributed by atoms with van der Waals surface area (Å²) in [5, 5.41) is 3.55. The number of nitrogens with zero attached hydrogens (tertiary/aromatic N) is 2. The van der Waals surface area contributed by atoms with Crippen molar-refractivity contribution in [2.75, 3.05) is 6.54 Å². The maximum Gasteiger partial charge on any atom is 0.145 e. The van der Waals surface area contributed by atoms with Crippen LogP contribution in [0.25, 0.3) is 0 Å². The average Bonchev–Trinajstić information content (AvgIpc) is 2.36. The van der Waals surface area contributed by atoms with Crippen molar-refractivity contribution in [3.05, 3.63) is 24.3 Å². The first-order valence-corrected chi connectivity index (χ1v) is 6.78. The van der Waals surface area contributed by atoms with E-state index in [0.717, 1.165) is 31.1 Å². The second-order valence-corrected chi connectivity index (χ2v) is 4.74. The molecule has 0 bridgehead atoms. The van der Waals surface area contributed by atoms with Crippen molar-refractivity contribution in [2.24, 2.45) is 5.92 Å². The van der Waals surface area contributed by atoms with Gasteiger partial charge < -0.3 is 5.32 Å². The summed E-state index contributed by atoms with van der Waals surface area (Å²) in [5.74, 6) is 1.65. The molecule has 1 rings (SSSR count). The minimum atomic E-state index is 0.303. The molecular weight excluding hydrogens is 210 g/mol. The maximum absolute atomic E-state index is 4.37. The van der Waals surface area contributed by atoms with Gasteiger partial charge in [0, 0.05) is 12.4 Å². The first-order valence-electron chi connectivity index (χ1n) is 6.78. The summed E-state index contributed by atoms with van der Waals surface area (Å²) in [4.78, 5) is 8.74. The second-order valence-electron chi connectivity index (χ2n) is 4.74. The summed E-state index contributed by atoms with van der Waals surface area (Å²) < 4.78 is 0. The SMILES string of the molecule is CCCNC(CC(C)CCC)c1ncccn1. The first kappa shape index (κ1) is 14.1. The molecule has 17 heavy (non-hydrogen) atoms. The smallest absolute Gasteiger partial charge is 0.145 e. The number of aromatic nitrogens is 2. The van der Waals surface area contributed by atoms with Gasteiger partial charge in [0.05, 0.1) is 6.04 Å². The molecule has 2 unspecified atom stereocenters. The fraction of sp³-hybridized carbons (Fsp3) is 0.714. The van der Waals surface area contributed by atoms with Crippen LogP contribution in [0.2, 0.25) is 0 Å². The van der Waals surface area contributed by atoms with Gasteiger partial charge in [0.2, 0.25) is 0 Å². The molecule has 0 amide bonds. The van der Waals surface area contributed by atoms with Gasteiger partial charge in [0.25, 0.3) is 0 Å². The van der Waals surface area contributed by atoms with Gasteiger partial charge in [-0.25, -0.2) is 9.97 Å². The Hall–Kier alpha value is -0.960. The van der Waals surface area contributed by atoms with E-state index in [-0.39, 0.29) is 0 Å². The number of hydrogen-bond acceptors (Lipinski definition) is 3. The molecule has 0 aliphatic rings. The van der Waals surface area contributed by atoms with Gasteiger partial charge in [0.1, 0.15) is 5.82 Å². The van der Waals surface area contributed by atoms with E-state index in [4.69, 9.17) is 0 Å². The quantitative estimate of drug-likeness (QED) is 0.751. The molecule has 3 heteroatoms. The molecule has 0 saturated carbocycles. The third-order valence-electron chi connectivity index (χ3n) is 2.96. The Morgan fingerprint density at radius 3 is 2.47 bits per heavy atom. The number of nitrogens with one attached hydrogen (secondary N) is 1. The topological polar surface area (TPSA) is 37.8 Å². The van der Waals surface area contributed by atoms with E-state index in [2.05, 4.69) is 36.1 Å². The molecule has 0 aliphatic carbocycles. The van der Waals surface area contributed by atoms with Crippen LogP contribution in [0.15, 0.2) is 18.5 Å². The van der Waals surface area contributed by atoms with Crippen molar-refractivity contribution in [3.8, 4) is 0 Å². The summed E-state index contributed by atoms with van der Waals surface area (Å²) in [6.45, 7) is 7.77. The lowest BCUT2D eigenvalue weighted by Crippen LogP contribution is -2.25. The molecule has 1 aromatic rings. The van der Waals surface area contributed by atoms with E-state index in [1.54, 1.807) is 0 Å². The van der Waals surface area contributed by atoms with Crippen LogP contribution in [-0.2, 0) is 0 Å². The summed E-state index contributed by atoms with van der Waals surface area (Å²) in [6, 6.07) is 2.17. The Bertz CT molecular complexity index is 287. The average molecular weight is 235 g/mol. The van der Waals surface area contributed by atoms with E-state index >= 15 is 0 Å². The van der Waals surface area contributed by atoms with Crippen LogP contribution in [0.3, 0.4) is 0 Å². The highest BCUT2D eigenvalue weighted by molar-refractivity contribution is 4.96. The minimum absolute atomic E-state index is 0.303. The normalized spacial score (nSPS) is 14.5. The summed E-state index contributed by atoms with van der Waals surface area (Å²) in [6.07, 6.45) is 8.44. The van der Waals surface area contributed by atoms with Crippen LogP contribution in [0, 0.1) is 5.92 Å². The molecule has 0 radical (unpaired) electrons. The summed E-state index contributed by atoms with van der Waals surface area (Å²) >= 11 is 0. The van der Waals surface area contributed by atoms with Gasteiger partial charge in [-0.1, -0.05) is 33.6 Å². The molecule has 0 saturated heterocycles. The fourth-order valence-electron chi connectivity index (χ4n) is 2.10. The molecule has 0 fully saturated rings. The van der Waals surface area contributed by atoms with Crippen molar-refractivity contribution in [1.82, 2.24) is 15.3 Å². The Labute approximate surface area is 105 Å². The fourth-order valence-corrected chi connectivity index (χ4v) is 2.10. The van der Waals surface area contributed by atoms with E-state index < -0.39 is 0 Å². The summed E-state index contributed by atoms with van der Waals surface area (Å²) in [5.41, 5.74) is 0. The third kappa shape index (κ3) is 5.26. The van der Waals surface area contributed by atoms with Crippen molar-refractivity contribution >= 4 is 0 Å². The van der Waals surface area contributed by atoms with Crippen LogP contribution in [-0.4, -0.2) is 16.5 Å². The van der Waals surface area contributed by atoms with Crippen LogP contribution in [0.5, 0.6) is 0 Å². The van der Waals surface area contributed by atoms with Crippen molar-refractivity contribution in [2.45, 2.75) is 52.5 Å². The van der Waals surface area contributed by atoms with E-state index in [9.17, 15) is 0 Å². The van der Waals surface area contributed by atoms with Gasteiger partial charge in [-0.3, -0.25) is 0 Å². The van der Waals surface area contributed by atoms with Crippen LogP contribution >= 0.6 is 0 Å². The lowest BCUT2D eigenvalue weighted by molar-refractivity contribution is 0.378. The van der Waals surface area contributed by atoms with Crippen LogP contribution in [0.1, 0.15) is 58.3 Å². The molecule has 1 heterocycles. The zero-order chi connectivity index (χ0) is 12.5. The van der Waals surface area contributed by atoms with Gasteiger partial charge in [-0.15, -0.1) is 0 Å². The third-order valence-corrected chi connectivity index (χ3v) is 2.96. The second kappa shape index (κ2) is 8.18. The molecule has 0 aromatic carbocycles. The zero-order valence-corrected chi connectivity index (χ0v) is 11.3. The first-order chi connectivity index (χ1) is 8.27. The zero-order valence-electron chi connectivity index (χ0n) is 11.3. The van der Waals surface area contributed by atoms with E-state index in [1.165, 1.54) is 12.8 Å². The van der Waals surface area contributed by atoms with E-state index in [1.807, 2.05) is 18.5 Å². The van der Waals surface area contributed by atoms with Crippen molar-refractivity contribution in [3.63, 3.8) is 0 Å². The Kier molecular flexibility index (Phi) is 6.78. The van der Waals surface area contributed by atoms with Gasteiger partial charge >= 0.3 is 0 Å². The molecular formula is C14H25N3. The van der Waals surface area contributed by atoms with Crippen LogP contribution < -0.4 is 5.32 Å². The number of hydrogen-bond donors (Lipinski definition) is 1. The molecule has 0 spiro atoms. The standard InChI is InChI=1S/C14H25N3/c1-4-7-12(3)11-13(15-8-5-2)14-16-9-6-10-17-14/h6,9-10,12-13,15H,4-5,7-8,11H2,1-3H3. The van der Waals surface area contributed by atoms with Crippen LogP contribution in [0.4, 0.5) is 0 Å². The predicted molar refractivity (Wildman–Crippen MR) is 71.8 cm³/mol. The molecule has 1 N–H and O–H groups in total. The highest BCUT2D eigenvalue weighted by atomic mass is 15.0. The summed E-state index contributed by atoms with van der Waals surface area (Å²) in [7, 11) is 0. The van der Waals surface area contributed by atoms with Gasteiger partial charge in [-0.2, -0.15) is 0 Å². The van der Waals surface area contributed by atoms with Crippen molar-refractivity contribution in [1.29, 1.82) is 0 Å². The molecule has 0 aliphatic heterocycles. The lowest BCUT2D eigenvalue weighted by atomic mass is 9.96. The molecule has 2 atom stereocenters. The molecule has 1 aromatic heterocycles. The lowest BCUT2D eigenvalue weighted by Gasteiger charge is -2.20. The monoisotopic (exact) mass is 235 g/mol. The molecule has 3 nitrogen and oxygen atoms in total. The molecule has 96 valence electrons. The van der Waals surface area contributed by atoms with Gasteiger partial charge in [0.15, 0.2) is 0 Å². The highest BCUT2D eigenvalue weighted by Crippen LogP contribution is 2.21. The Morgan fingerprint density at radius 2 is 1.88 bits per heavy atom. The largest absolute Gasteiger partial charge is 0.307 e. The van der Waals surface area contributed by atoms with Gasteiger partial charge in [-0.05, 0) is 31.4 Å². The van der Waals surface area contributed by atoms with E-state index in [0.29, 0.717) is 6.04 Å².